The summed E-state index contributed by atoms with van der Waals surface area (Å²) in [5.74, 6) is 0.428. The van der Waals surface area contributed by atoms with Gasteiger partial charge in [-0.1, -0.05) is 17.7 Å². The third kappa shape index (κ3) is 2.04. The van der Waals surface area contributed by atoms with Crippen LogP contribution in [0.2, 0.25) is 5.15 Å². The highest BCUT2D eigenvalue weighted by Crippen LogP contribution is 2.20. The first-order valence-corrected chi connectivity index (χ1v) is 4.93. The molecule has 2 aromatic heterocycles. The maximum Gasteiger partial charge on any atom is 0.282 e. The first-order valence-electron chi connectivity index (χ1n) is 4.55. The molecule has 0 radical (unpaired) electrons. The molecule has 16 heavy (non-hydrogen) atoms. The maximum absolute atomic E-state index is 12.4. The Balaban J connectivity index is 2.48. The van der Waals surface area contributed by atoms with E-state index in [2.05, 4.69) is 10.1 Å². The van der Waals surface area contributed by atoms with Gasteiger partial charge in [0.1, 0.15) is 10.8 Å². The van der Waals surface area contributed by atoms with Crippen LogP contribution in [0.3, 0.4) is 0 Å². The number of aryl methyl sites for hydroxylation is 1. The van der Waals surface area contributed by atoms with Gasteiger partial charge in [-0.05, 0) is 25.1 Å². The molecule has 2 rings (SSSR count). The summed E-state index contributed by atoms with van der Waals surface area (Å²) in [6.07, 6.45) is -2.58. The van der Waals surface area contributed by atoms with Gasteiger partial charge in [0.2, 0.25) is 0 Å². The van der Waals surface area contributed by atoms with Gasteiger partial charge in [0.05, 0.1) is 0 Å². The summed E-state index contributed by atoms with van der Waals surface area (Å²) in [5.41, 5.74) is 0.323. The van der Waals surface area contributed by atoms with Crippen molar-refractivity contribution in [2.75, 3.05) is 0 Å². The van der Waals surface area contributed by atoms with Crippen LogP contribution < -0.4 is 0 Å². The van der Waals surface area contributed by atoms with Crippen LogP contribution in [0.1, 0.15) is 17.8 Å². The molecule has 6 heteroatoms. The summed E-state index contributed by atoms with van der Waals surface area (Å²) >= 11 is 5.72. The fourth-order valence-electron chi connectivity index (χ4n) is 1.35. The lowest BCUT2D eigenvalue weighted by Gasteiger charge is -2.02. The summed E-state index contributed by atoms with van der Waals surface area (Å²) in [6, 6.07) is 6.28. The molecule has 0 aliphatic heterocycles. The van der Waals surface area contributed by atoms with Gasteiger partial charge >= 0.3 is 0 Å². The molecule has 2 heterocycles. The van der Waals surface area contributed by atoms with Crippen LogP contribution in [0.25, 0.3) is 5.82 Å². The third-order valence-corrected chi connectivity index (χ3v) is 2.26. The highest BCUT2D eigenvalue weighted by atomic mass is 35.5. The number of nitrogens with zero attached hydrogens (tertiary/aromatic N) is 3. The summed E-state index contributed by atoms with van der Waals surface area (Å²) in [6.45, 7) is 1.68. The molecule has 0 aliphatic carbocycles. The Morgan fingerprint density at radius 1 is 1.38 bits per heavy atom. The number of alkyl halides is 2. The minimum atomic E-state index is -2.58. The second-order valence-corrected chi connectivity index (χ2v) is 3.63. The van der Waals surface area contributed by atoms with Gasteiger partial charge in [-0.15, -0.1) is 0 Å². The zero-order chi connectivity index (χ0) is 11.7. The van der Waals surface area contributed by atoms with Crippen LogP contribution in [0.5, 0.6) is 0 Å². The van der Waals surface area contributed by atoms with Gasteiger partial charge in [-0.3, -0.25) is 0 Å². The lowest BCUT2D eigenvalue weighted by atomic mass is 10.4. The quantitative estimate of drug-likeness (QED) is 0.759. The van der Waals surface area contributed by atoms with Gasteiger partial charge in [-0.25, -0.2) is 18.4 Å². The second-order valence-electron chi connectivity index (χ2n) is 3.24. The largest absolute Gasteiger partial charge is 0.282 e. The molecule has 0 fully saturated rings. The maximum atomic E-state index is 12.4. The van der Waals surface area contributed by atoms with Crippen molar-refractivity contribution >= 4 is 11.6 Å². The van der Waals surface area contributed by atoms with Crippen LogP contribution in [0, 0.1) is 6.92 Å². The minimum absolute atomic E-state index is 0.265. The Labute approximate surface area is 95.7 Å². The van der Waals surface area contributed by atoms with Crippen molar-refractivity contribution in [1.82, 2.24) is 14.8 Å². The van der Waals surface area contributed by atoms with Crippen LogP contribution in [-0.4, -0.2) is 14.8 Å². The summed E-state index contributed by atoms with van der Waals surface area (Å²) in [7, 11) is 0. The van der Waals surface area contributed by atoms with E-state index in [1.807, 2.05) is 0 Å². The lowest BCUT2D eigenvalue weighted by molar-refractivity contribution is 0.145. The van der Waals surface area contributed by atoms with Crippen LogP contribution >= 0.6 is 11.6 Å². The molecule has 3 nitrogen and oxygen atoms in total. The molecule has 84 valence electrons. The average Bonchev–Trinajstić information content (AvgIpc) is 2.60. The van der Waals surface area contributed by atoms with Crippen molar-refractivity contribution in [2.45, 2.75) is 13.3 Å². The van der Waals surface area contributed by atoms with E-state index in [4.69, 9.17) is 11.6 Å². The molecular weight excluding hydrogens is 236 g/mol. The molecule has 0 saturated carbocycles. The molecule has 0 bridgehead atoms. The molecule has 0 aliphatic rings. The molecule has 0 N–H and O–H groups in total. The number of rotatable bonds is 2. The molecule has 0 atom stereocenters. The SMILES string of the molecule is Cc1cc(C(F)F)nn1-c1cccc(Cl)n1. The summed E-state index contributed by atoms with van der Waals surface area (Å²) in [5, 5.41) is 4.06. The van der Waals surface area contributed by atoms with Crippen LogP contribution in [0.4, 0.5) is 8.78 Å². The van der Waals surface area contributed by atoms with Crippen LogP contribution in [0.15, 0.2) is 24.3 Å². The molecule has 0 saturated heterocycles. The highest BCUT2D eigenvalue weighted by molar-refractivity contribution is 6.29. The normalized spacial score (nSPS) is 11.1. The van der Waals surface area contributed by atoms with Crippen molar-refractivity contribution in [1.29, 1.82) is 0 Å². The predicted octanol–water partition coefficient (Wildman–Crippen LogP) is 3.17. The Morgan fingerprint density at radius 3 is 2.69 bits per heavy atom. The zero-order valence-corrected chi connectivity index (χ0v) is 9.12. The fourth-order valence-corrected chi connectivity index (χ4v) is 1.51. The number of hydrogen-bond donors (Lipinski definition) is 0. The molecule has 0 unspecified atom stereocenters. The molecule has 2 aromatic rings. The van der Waals surface area contributed by atoms with Crippen LogP contribution in [-0.2, 0) is 0 Å². The highest BCUT2D eigenvalue weighted by Gasteiger charge is 2.14. The monoisotopic (exact) mass is 243 g/mol. The Morgan fingerprint density at radius 2 is 2.12 bits per heavy atom. The van der Waals surface area contributed by atoms with E-state index in [0.29, 0.717) is 16.7 Å². The van der Waals surface area contributed by atoms with E-state index in [-0.39, 0.29) is 5.69 Å². The second kappa shape index (κ2) is 4.17. The first kappa shape index (κ1) is 11.0. The van der Waals surface area contributed by atoms with Gasteiger partial charge in [0, 0.05) is 5.69 Å². The van der Waals surface area contributed by atoms with Crippen molar-refractivity contribution in [3.05, 3.63) is 40.8 Å². The standard InChI is InChI=1S/C10H8ClF2N3/c1-6-5-7(10(12)13)15-16(6)9-4-2-3-8(11)14-9/h2-5,10H,1H3. The van der Waals surface area contributed by atoms with Crippen molar-refractivity contribution < 1.29 is 8.78 Å². The lowest BCUT2D eigenvalue weighted by Crippen LogP contribution is -2.02. The molecule has 0 spiro atoms. The van der Waals surface area contributed by atoms with Crippen molar-refractivity contribution in [3.8, 4) is 5.82 Å². The number of pyridine rings is 1. The zero-order valence-electron chi connectivity index (χ0n) is 8.36. The molecular formula is C10H8ClF2N3. The van der Waals surface area contributed by atoms with E-state index < -0.39 is 6.43 Å². The van der Waals surface area contributed by atoms with Crippen molar-refractivity contribution in [2.24, 2.45) is 0 Å². The van der Waals surface area contributed by atoms with Gasteiger partial charge in [0.25, 0.3) is 6.43 Å². The predicted molar refractivity (Wildman–Crippen MR) is 56.1 cm³/mol. The number of aromatic nitrogens is 3. The molecule has 0 amide bonds. The smallest absolute Gasteiger partial charge is 0.219 e. The molecule has 0 aromatic carbocycles. The van der Waals surface area contributed by atoms with E-state index in [0.717, 1.165) is 0 Å². The van der Waals surface area contributed by atoms with Gasteiger partial charge < -0.3 is 0 Å². The Bertz CT molecular complexity index is 511. The fraction of sp³-hybridized carbons (Fsp3) is 0.200. The van der Waals surface area contributed by atoms with E-state index in [1.54, 1.807) is 25.1 Å². The van der Waals surface area contributed by atoms with Gasteiger partial charge in [-0.2, -0.15) is 5.10 Å². The van der Waals surface area contributed by atoms with E-state index >= 15 is 0 Å². The van der Waals surface area contributed by atoms with E-state index in [1.165, 1.54) is 10.7 Å². The number of hydrogen-bond acceptors (Lipinski definition) is 2. The third-order valence-electron chi connectivity index (χ3n) is 2.05. The summed E-state index contributed by atoms with van der Waals surface area (Å²) < 4.78 is 26.2. The average molecular weight is 244 g/mol. The van der Waals surface area contributed by atoms with Gasteiger partial charge in [0.15, 0.2) is 5.82 Å². The first-order chi connectivity index (χ1) is 7.58. The minimum Gasteiger partial charge on any atom is -0.219 e. The van der Waals surface area contributed by atoms with Crippen molar-refractivity contribution in [3.63, 3.8) is 0 Å². The summed E-state index contributed by atoms with van der Waals surface area (Å²) in [4.78, 5) is 4.00. The Hall–Kier alpha value is -1.49. The topological polar surface area (TPSA) is 30.7 Å². The number of halogens is 3. The van der Waals surface area contributed by atoms with E-state index in [9.17, 15) is 8.78 Å². The Kier molecular flexibility index (Phi) is 2.87.